The zero-order chi connectivity index (χ0) is 21.9. The summed E-state index contributed by atoms with van der Waals surface area (Å²) in [5.41, 5.74) is 0.736. The van der Waals surface area contributed by atoms with Gasteiger partial charge >= 0.3 is 5.97 Å². The Hall–Kier alpha value is -3.45. The smallest absolute Gasteiger partial charge is 0.337 e. The highest BCUT2D eigenvalue weighted by Crippen LogP contribution is 2.24. The van der Waals surface area contributed by atoms with Crippen LogP contribution in [0.4, 0.5) is 5.82 Å². The lowest BCUT2D eigenvalue weighted by Crippen LogP contribution is -2.42. The van der Waals surface area contributed by atoms with Gasteiger partial charge in [-0.25, -0.2) is 22.9 Å². The molecule has 1 aromatic carbocycles. The molecule has 1 saturated heterocycles. The van der Waals surface area contributed by atoms with Crippen molar-refractivity contribution in [2.24, 2.45) is 5.92 Å². The van der Waals surface area contributed by atoms with Crippen LogP contribution in [0.5, 0.6) is 0 Å². The molecule has 1 aromatic heterocycles. The van der Waals surface area contributed by atoms with E-state index in [1.165, 1.54) is 30.3 Å². The second-order valence-corrected chi connectivity index (χ2v) is 8.66. The lowest BCUT2D eigenvalue weighted by Gasteiger charge is -2.32. The SMILES string of the molecule is Cc1nc(N2CCC(C(=O)NS(=O)(=O)c3cccc(C#N)c3)CC2)ccc1C(=O)O. The van der Waals surface area contributed by atoms with Crippen LogP contribution >= 0.6 is 0 Å². The predicted molar refractivity (Wildman–Crippen MR) is 107 cm³/mol. The standard InChI is InChI=1S/C20H20N4O5S/c1-13-17(20(26)27)5-6-18(22-13)24-9-7-15(8-10-24)19(25)23-30(28,29)16-4-2-3-14(11-16)12-21/h2-6,11,15H,7-10H2,1H3,(H,23,25)(H,26,27). The van der Waals surface area contributed by atoms with Crippen LogP contribution in [0.15, 0.2) is 41.3 Å². The van der Waals surface area contributed by atoms with Gasteiger partial charge in [-0.05, 0) is 50.1 Å². The molecule has 0 atom stereocenters. The van der Waals surface area contributed by atoms with Gasteiger partial charge in [0.25, 0.3) is 10.0 Å². The summed E-state index contributed by atoms with van der Waals surface area (Å²) < 4.78 is 27.0. The van der Waals surface area contributed by atoms with Crippen LogP contribution in [0.3, 0.4) is 0 Å². The minimum atomic E-state index is -4.06. The van der Waals surface area contributed by atoms with Gasteiger partial charge in [0, 0.05) is 19.0 Å². The number of carboxylic acids is 1. The first-order valence-corrected chi connectivity index (χ1v) is 10.7. The number of nitriles is 1. The molecule has 0 saturated carbocycles. The number of piperidine rings is 1. The van der Waals surface area contributed by atoms with Crippen molar-refractivity contribution < 1.29 is 23.1 Å². The van der Waals surface area contributed by atoms with Crippen molar-refractivity contribution in [3.05, 3.63) is 53.2 Å². The second kappa shape index (κ2) is 8.51. The molecule has 0 aliphatic carbocycles. The number of aromatic nitrogens is 1. The Morgan fingerprint density at radius 3 is 2.53 bits per heavy atom. The number of hydrogen-bond acceptors (Lipinski definition) is 7. The van der Waals surface area contributed by atoms with E-state index in [0.29, 0.717) is 37.4 Å². The number of nitrogens with one attached hydrogen (secondary N) is 1. The largest absolute Gasteiger partial charge is 0.478 e. The van der Waals surface area contributed by atoms with Gasteiger partial charge in [-0.3, -0.25) is 4.79 Å². The molecule has 9 nitrogen and oxygen atoms in total. The van der Waals surface area contributed by atoms with E-state index in [9.17, 15) is 18.0 Å². The van der Waals surface area contributed by atoms with Gasteiger partial charge in [0.15, 0.2) is 0 Å². The number of benzene rings is 1. The first kappa shape index (κ1) is 21.3. The molecule has 1 fully saturated rings. The van der Waals surface area contributed by atoms with Gasteiger partial charge in [-0.15, -0.1) is 0 Å². The first-order valence-electron chi connectivity index (χ1n) is 9.24. The molecule has 1 aliphatic rings. The minimum Gasteiger partial charge on any atom is -0.478 e. The van der Waals surface area contributed by atoms with Gasteiger partial charge in [0.2, 0.25) is 5.91 Å². The molecular formula is C20H20N4O5S. The van der Waals surface area contributed by atoms with Gasteiger partial charge < -0.3 is 10.0 Å². The lowest BCUT2D eigenvalue weighted by atomic mass is 9.96. The molecule has 0 bridgehead atoms. The minimum absolute atomic E-state index is 0.134. The highest BCUT2D eigenvalue weighted by molar-refractivity contribution is 7.90. The number of nitrogens with zero attached hydrogens (tertiary/aromatic N) is 3. The Bertz CT molecular complexity index is 1130. The van der Waals surface area contributed by atoms with Crippen LogP contribution in [0.25, 0.3) is 0 Å². The van der Waals surface area contributed by atoms with Gasteiger partial charge in [-0.2, -0.15) is 5.26 Å². The van der Waals surface area contributed by atoms with Crippen molar-refractivity contribution in [3.8, 4) is 6.07 Å². The molecule has 0 unspecified atom stereocenters. The molecule has 3 rings (SSSR count). The fraction of sp³-hybridized carbons (Fsp3) is 0.300. The fourth-order valence-corrected chi connectivity index (χ4v) is 4.42. The number of sulfonamides is 1. The van der Waals surface area contributed by atoms with E-state index >= 15 is 0 Å². The van der Waals surface area contributed by atoms with Gasteiger partial charge in [0.05, 0.1) is 27.8 Å². The molecule has 156 valence electrons. The molecular weight excluding hydrogens is 408 g/mol. The lowest BCUT2D eigenvalue weighted by molar-refractivity contribution is -0.123. The van der Waals surface area contributed by atoms with E-state index in [0.717, 1.165) is 0 Å². The van der Waals surface area contributed by atoms with Crippen molar-refractivity contribution in [2.45, 2.75) is 24.7 Å². The van der Waals surface area contributed by atoms with Gasteiger partial charge in [0.1, 0.15) is 5.82 Å². The van der Waals surface area contributed by atoms with Crippen molar-refractivity contribution >= 4 is 27.7 Å². The zero-order valence-electron chi connectivity index (χ0n) is 16.2. The van der Waals surface area contributed by atoms with Crippen molar-refractivity contribution in [1.29, 1.82) is 5.26 Å². The number of amides is 1. The average molecular weight is 428 g/mol. The van der Waals surface area contributed by atoms with E-state index in [4.69, 9.17) is 10.4 Å². The Balaban J connectivity index is 1.63. The topological polar surface area (TPSA) is 140 Å². The quantitative estimate of drug-likeness (QED) is 0.733. The summed E-state index contributed by atoms with van der Waals surface area (Å²) in [4.78, 5) is 29.8. The first-order chi connectivity index (χ1) is 14.2. The third-order valence-electron chi connectivity index (χ3n) is 5.00. The summed E-state index contributed by atoms with van der Waals surface area (Å²) in [7, 11) is -4.06. The number of carbonyl (C=O) groups is 2. The molecule has 30 heavy (non-hydrogen) atoms. The maximum Gasteiger partial charge on any atom is 0.337 e. The molecule has 10 heteroatoms. The summed E-state index contributed by atoms with van der Waals surface area (Å²) in [5, 5.41) is 18.0. The molecule has 0 radical (unpaired) electrons. The summed E-state index contributed by atoms with van der Waals surface area (Å²) in [6.07, 6.45) is 0.863. The molecule has 1 amide bonds. The van der Waals surface area contributed by atoms with E-state index in [2.05, 4.69) is 9.71 Å². The van der Waals surface area contributed by atoms with Crippen LogP contribution in [0.2, 0.25) is 0 Å². The Labute approximate surface area is 174 Å². The summed E-state index contributed by atoms with van der Waals surface area (Å²) in [6, 6.07) is 10.5. The molecule has 1 aliphatic heterocycles. The third kappa shape index (κ3) is 4.58. The highest BCUT2D eigenvalue weighted by atomic mass is 32.2. The molecule has 2 N–H and O–H groups in total. The summed E-state index contributed by atoms with van der Waals surface area (Å²) in [6.45, 7) is 2.60. The number of carboxylic acid groups (broad SMARTS) is 1. The Kier molecular flexibility index (Phi) is 6.03. The number of carbonyl (C=O) groups excluding carboxylic acids is 1. The number of pyridine rings is 1. The number of hydrogen-bond donors (Lipinski definition) is 2. The second-order valence-electron chi connectivity index (χ2n) is 6.98. The Morgan fingerprint density at radius 1 is 1.23 bits per heavy atom. The Morgan fingerprint density at radius 2 is 1.93 bits per heavy atom. The molecule has 2 heterocycles. The molecule has 2 aromatic rings. The molecule has 0 spiro atoms. The van der Waals surface area contributed by atoms with E-state index < -0.39 is 27.8 Å². The zero-order valence-corrected chi connectivity index (χ0v) is 17.0. The highest BCUT2D eigenvalue weighted by Gasteiger charge is 2.29. The van der Waals surface area contributed by atoms with Crippen molar-refractivity contribution in [3.63, 3.8) is 0 Å². The number of anilines is 1. The summed E-state index contributed by atoms with van der Waals surface area (Å²) >= 11 is 0. The van der Waals surface area contributed by atoms with Crippen molar-refractivity contribution in [2.75, 3.05) is 18.0 Å². The van der Waals surface area contributed by atoms with Crippen LogP contribution in [0.1, 0.15) is 34.5 Å². The van der Waals surface area contributed by atoms with E-state index in [1.54, 1.807) is 13.0 Å². The van der Waals surface area contributed by atoms with E-state index in [-0.39, 0.29) is 16.0 Å². The normalized spacial score (nSPS) is 14.7. The number of rotatable bonds is 5. The predicted octanol–water partition coefficient (Wildman–Crippen LogP) is 1.68. The van der Waals surface area contributed by atoms with Crippen molar-refractivity contribution in [1.82, 2.24) is 9.71 Å². The van der Waals surface area contributed by atoms with Crippen LogP contribution in [0, 0.1) is 24.2 Å². The fourth-order valence-electron chi connectivity index (χ4n) is 3.33. The third-order valence-corrected chi connectivity index (χ3v) is 6.34. The monoisotopic (exact) mass is 428 g/mol. The van der Waals surface area contributed by atoms with E-state index in [1.807, 2.05) is 11.0 Å². The van der Waals surface area contributed by atoms with Crippen LogP contribution < -0.4 is 9.62 Å². The number of aromatic carboxylic acids is 1. The van der Waals surface area contributed by atoms with Gasteiger partial charge in [-0.1, -0.05) is 6.07 Å². The maximum atomic E-state index is 12.5. The maximum absolute atomic E-state index is 12.5. The van der Waals surface area contributed by atoms with Crippen LogP contribution in [-0.2, 0) is 14.8 Å². The number of aryl methyl sites for hydroxylation is 1. The average Bonchev–Trinajstić information content (AvgIpc) is 2.73. The van der Waals surface area contributed by atoms with Crippen LogP contribution in [-0.4, -0.2) is 43.5 Å². The summed E-state index contributed by atoms with van der Waals surface area (Å²) in [5.74, 6) is -1.47.